The van der Waals surface area contributed by atoms with Gasteiger partial charge in [-0.3, -0.25) is 0 Å². The molecule has 1 aromatic rings. The van der Waals surface area contributed by atoms with E-state index in [2.05, 4.69) is 12.1 Å². The van der Waals surface area contributed by atoms with Gasteiger partial charge >= 0.3 is 0 Å². The number of aliphatic hydroxyl groups excluding tert-OH is 1. The van der Waals surface area contributed by atoms with Crippen LogP contribution in [0.5, 0.6) is 0 Å². The molecule has 0 aliphatic heterocycles. The lowest BCUT2D eigenvalue weighted by Gasteiger charge is -2.10. The topological polar surface area (TPSA) is 29.5 Å². The van der Waals surface area contributed by atoms with Crippen LogP contribution in [0.25, 0.3) is 0 Å². The van der Waals surface area contributed by atoms with Gasteiger partial charge in [-0.05, 0) is 31.2 Å². The zero-order valence-electron chi connectivity index (χ0n) is 10.4. The number of halogens is 2. The number of hydrogen-bond acceptors (Lipinski definition) is 2. The molecule has 1 rings (SSSR count). The third kappa shape index (κ3) is 7.35. The molecule has 18 heavy (non-hydrogen) atoms. The van der Waals surface area contributed by atoms with E-state index in [4.69, 9.17) is 4.74 Å². The number of hydrogen-bond donors (Lipinski definition) is 1. The Hall–Kier alpha value is -1.00. The van der Waals surface area contributed by atoms with Crippen molar-refractivity contribution >= 4 is 0 Å². The molecule has 0 aliphatic carbocycles. The smallest absolute Gasteiger partial charge is 0.261 e. The molecule has 0 bridgehead atoms. The summed E-state index contributed by atoms with van der Waals surface area (Å²) in [7, 11) is 0. The third-order valence-electron chi connectivity index (χ3n) is 2.68. The Morgan fingerprint density at radius 3 is 2.50 bits per heavy atom. The number of aliphatic hydroxyl groups is 1. The number of benzene rings is 1. The average Bonchev–Trinajstić information content (AvgIpc) is 2.36. The van der Waals surface area contributed by atoms with Crippen LogP contribution in [0.3, 0.4) is 0 Å². The molecular formula is C14H20F2O2. The van der Waals surface area contributed by atoms with Crippen LogP contribution in [-0.2, 0) is 11.2 Å². The lowest BCUT2D eigenvalue weighted by Crippen LogP contribution is -2.13. The Labute approximate surface area is 107 Å². The summed E-state index contributed by atoms with van der Waals surface area (Å²) >= 11 is 0. The summed E-state index contributed by atoms with van der Waals surface area (Å²) in [4.78, 5) is 0. The summed E-state index contributed by atoms with van der Waals surface area (Å²) in [5, 5.41) is 9.62. The van der Waals surface area contributed by atoms with Crippen molar-refractivity contribution in [2.75, 3.05) is 13.2 Å². The van der Waals surface area contributed by atoms with Gasteiger partial charge in [0.2, 0.25) is 0 Å². The summed E-state index contributed by atoms with van der Waals surface area (Å²) in [5.41, 5.74) is 1.25. The van der Waals surface area contributed by atoms with Gasteiger partial charge in [-0.15, -0.1) is 0 Å². The molecule has 2 nitrogen and oxygen atoms in total. The van der Waals surface area contributed by atoms with Crippen LogP contribution in [0.4, 0.5) is 8.78 Å². The molecule has 0 amide bonds. The van der Waals surface area contributed by atoms with Crippen molar-refractivity contribution in [3.05, 3.63) is 35.9 Å². The maximum Gasteiger partial charge on any atom is 0.261 e. The molecule has 0 aliphatic rings. The van der Waals surface area contributed by atoms with Crippen molar-refractivity contribution in [3.63, 3.8) is 0 Å². The van der Waals surface area contributed by atoms with Gasteiger partial charge < -0.3 is 9.84 Å². The molecular weight excluding hydrogens is 238 g/mol. The van der Waals surface area contributed by atoms with Crippen molar-refractivity contribution in [3.8, 4) is 0 Å². The van der Waals surface area contributed by atoms with Crippen LogP contribution in [0.1, 0.15) is 24.8 Å². The molecule has 1 atom stereocenters. The zero-order valence-corrected chi connectivity index (χ0v) is 10.4. The minimum atomic E-state index is -2.43. The number of rotatable bonds is 9. The van der Waals surface area contributed by atoms with Gasteiger partial charge in [-0.25, -0.2) is 8.78 Å². The van der Waals surface area contributed by atoms with Crippen molar-refractivity contribution in [2.45, 2.75) is 38.2 Å². The summed E-state index contributed by atoms with van der Waals surface area (Å²) in [6, 6.07) is 10.1. The molecule has 4 heteroatoms. The van der Waals surface area contributed by atoms with Crippen molar-refractivity contribution < 1.29 is 18.6 Å². The average molecular weight is 258 g/mol. The SMILES string of the molecule is OC(CCCc1ccccc1)CCOCC(F)F. The van der Waals surface area contributed by atoms with E-state index < -0.39 is 19.1 Å². The fourth-order valence-electron chi connectivity index (χ4n) is 1.72. The Kier molecular flexibility index (Phi) is 7.53. The molecule has 0 saturated heterocycles. The quantitative estimate of drug-likeness (QED) is 0.690. The van der Waals surface area contributed by atoms with Gasteiger partial charge in [0.25, 0.3) is 6.43 Å². The summed E-state index contributed by atoms with van der Waals surface area (Å²) in [5.74, 6) is 0. The van der Waals surface area contributed by atoms with E-state index in [1.54, 1.807) is 0 Å². The van der Waals surface area contributed by atoms with Crippen LogP contribution in [-0.4, -0.2) is 30.8 Å². The minimum Gasteiger partial charge on any atom is -0.393 e. The maximum absolute atomic E-state index is 11.8. The highest BCUT2D eigenvalue weighted by Gasteiger charge is 2.06. The van der Waals surface area contributed by atoms with E-state index in [-0.39, 0.29) is 6.61 Å². The van der Waals surface area contributed by atoms with Crippen LogP contribution < -0.4 is 0 Å². The number of alkyl halides is 2. The second-order valence-corrected chi connectivity index (χ2v) is 4.29. The predicted octanol–water partition coefficient (Wildman–Crippen LogP) is 3.04. The summed E-state index contributed by atoms with van der Waals surface area (Å²) < 4.78 is 28.2. The molecule has 1 N–H and O–H groups in total. The minimum absolute atomic E-state index is 0.191. The molecule has 0 aromatic heterocycles. The highest BCUT2D eigenvalue weighted by atomic mass is 19.3. The second-order valence-electron chi connectivity index (χ2n) is 4.29. The first-order chi connectivity index (χ1) is 8.68. The molecule has 0 spiro atoms. The molecule has 102 valence electrons. The molecule has 1 unspecified atom stereocenters. The standard InChI is InChI=1S/C14H20F2O2/c15-14(16)11-18-10-9-13(17)8-4-7-12-5-2-1-3-6-12/h1-3,5-6,13-14,17H,4,7-11H2. The molecule has 0 radical (unpaired) electrons. The first-order valence-electron chi connectivity index (χ1n) is 6.26. The molecule has 0 heterocycles. The van der Waals surface area contributed by atoms with Crippen LogP contribution in [0.2, 0.25) is 0 Å². The Morgan fingerprint density at radius 1 is 1.11 bits per heavy atom. The Balaban J connectivity index is 2.01. The first-order valence-corrected chi connectivity index (χ1v) is 6.26. The lowest BCUT2D eigenvalue weighted by molar-refractivity contribution is 0.00408. The van der Waals surface area contributed by atoms with Gasteiger partial charge in [0.05, 0.1) is 6.10 Å². The van der Waals surface area contributed by atoms with Crippen LogP contribution in [0.15, 0.2) is 30.3 Å². The molecule has 0 saturated carbocycles. The Morgan fingerprint density at radius 2 is 1.83 bits per heavy atom. The highest BCUT2D eigenvalue weighted by molar-refractivity contribution is 5.14. The van der Waals surface area contributed by atoms with Crippen LogP contribution in [0, 0.1) is 0 Å². The summed E-state index contributed by atoms with van der Waals surface area (Å²) in [6.07, 6.45) is 0.0103. The molecule has 1 aromatic carbocycles. The molecule has 0 fully saturated rings. The van der Waals surface area contributed by atoms with Crippen LogP contribution >= 0.6 is 0 Å². The monoisotopic (exact) mass is 258 g/mol. The third-order valence-corrected chi connectivity index (χ3v) is 2.68. The van der Waals surface area contributed by atoms with Gasteiger partial charge in [0.15, 0.2) is 0 Å². The normalized spacial score (nSPS) is 12.9. The largest absolute Gasteiger partial charge is 0.393 e. The predicted molar refractivity (Wildman–Crippen MR) is 66.8 cm³/mol. The van der Waals surface area contributed by atoms with E-state index in [9.17, 15) is 13.9 Å². The van der Waals surface area contributed by atoms with E-state index in [0.29, 0.717) is 12.8 Å². The Bertz CT molecular complexity index is 304. The zero-order chi connectivity index (χ0) is 13.2. The highest BCUT2D eigenvalue weighted by Crippen LogP contribution is 2.08. The van der Waals surface area contributed by atoms with Crippen molar-refractivity contribution in [2.24, 2.45) is 0 Å². The number of ether oxygens (including phenoxy) is 1. The first kappa shape index (κ1) is 15.1. The van der Waals surface area contributed by atoms with Gasteiger partial charge in [-0.2, -0.15) is 0 Å². The number of aryl methyl sites for hydroxylation is 1. The lowest BCUT2D eigenvalue weighted by atomic mass is 10.0. The van der Waals surface area contributed by atoms with E-state index in [0.717, 1.165) is 12.8 Å². The van der Waals surface area contributed by atoms with Crippen molar-refractivity contribution in [1.82, 2.24) is 0 Å². The second kappa shape index (κ2) is 9.00. The fraction of sp³-hybridized carbons (Fsp3) is 0.571. The van der Waals surface area contributed by atoms with E-state index in [1.165, 1.54) is 5.56 Å². The maximum atomic E-state index is 11.8. The van der Waals surface area contributed by atoms with E-state index in [1.807, 2.05) is 18.2 Å². The van der Waals surface area contributed by atoms with Gasteiger partial charge in [0, 0.05) is 6.61 Å². The van der Waals surface area contributed by atoms with Gasteiger partial charge in [0.1, 0.15) is 6.61 Å². The summed E-state index contributed by atoms with van der Waals surface area (Å²) in [6.45, 7) is -0.354. The van der Waals surface area contributed by atoms with E-state index >= 15 is 0 Å². The van der Waals surface area contributed by atoms with Crippen molar-refractivity contribution in [1.29, 1.82) is 0 Å². The van der Waals surface area contributed by atoms with Gasteiger partial charge in [-0.1, -0.05) is 30.3 Å². The fourth-order valence-corrected chi connectivity index (χ4v) is 1.72.